The average molecular weight is 507 g/mol. The molecule has 180 valence electrons. The number of pyridine rings is 2. The number of aryl methyl sites for hydroxylation is 1. The number of quaternary nitrogens is 1. The normalized spacial score (nSPS) is 17.8. The van der Waals surface area contributed by atoms with Crippen LogP contribution in [0, 0.1) is 0 Å². The molecule has 3 aliphatic heterocycles. The van der Waals surface area contributed by atoms with E-state index in [0.29, 0.717) is 11.1 Å². The first kappa shape index (κ1) is 18.8. The van der Waals surface area contributed by atoms with Crippen LogP contribution >= 0.6 is 0 Å². The fraction of sp³-hybridized carbons (Fsp3) is 0.0333. The molecule has 39 heavy (non-hydrogen) atoms. The summed E-state index contributed by atoms with van der Waals surface area (Å²) in [5, 5.41) is 3.55. The summed E-state index contributed by atoms with van der Waals surface area (Å²) in [6.45, 7) is 0. The van der Waals surface area contributed by atoms with Gasteiger partial charge in [0.25, 0.3) is 5.69 Å². The molecule has 8 heterocycles. The minimum absolute atomic E-state index is 0.0315. The zero-order chi connectivity index (χ0) is 25.4. The van der Waals surface area contributed by atoms with Crippen LogP contribution in [0.2, 0.25) is 0 Å². The lowest BCUT2D eigenvalue weighted by atomic mass is 10.0. The first-order valence-corrected chi connectivity index (χ1v) is 12.8. The van der Waals surface area contributed by atoms with E-state index in [1.165, 1.54) is 0 Å². The molecule has 11 rings (SSSR count). The van der Waals surface area contributed by atoms with E-state index >= 15 is 0 Å². The Balaban J connectivity index is 1.56. The molecule has 0 saturated heterocycles. The van der Waals surface area contributed by atoms with Gasteiger partial charge in [-0.05, 0) is 57.9 Å². The quantitative estimate of drug-likeness (QED) is 0.177. The van der Waals surface area contributed by atoms with Gasteiger partial charge >= 0.3 is 22.8 Å². The highest BCUT2D eigenvalue weighted by Gasteiger charge is 2.68. The summed E-state index contributed by atoms with van der Waals surface area (Å²) in [4.78, 5) is 23.3. The van der Waals surface area contributed by atoms with Crippen LogP contribution in [-0.2, 0) is 7.05 Å². The maximum Gasteiger partial charge on any atom is 0.361 e. The first-order chi connectivity index (χ1) is 19.2. The van der Waals surface area contributed by atoms with Gasteiger partial charge in [-0.15, -0.1) is 0 Å². The highest BCUT2D eigenvalue weighted by atomic mass is 16.5. The van der Waals surface area contributed by atoms with Crippen LogP contribution < -0.4 is 24.2 Å². The molecule has 5 aromatic heterocycles. The predicted molar refractivity (Wildman–Crippen MR) is 144 cm³/mol. The molecule has 1 spiro atoms. The van der Waals surface area contributed by atoms with Crippen molar-refractivity contribution in [3.63, 3.8) is 0 Å². The van der Waals surface area contributed by atoms with Gasteiger partial charge in [-0.3, -0.25) is 4.79 Å². The highest BCUT2D eigenvalue weighted by Crippen LogP contribution is 2.59. The summed E-state index contributed by atoms with van der Waals surface area (Å²) < 4.78 is 15.8. The van der Waals surface area contributed by atoms with Crippen molar-refractivity contribution >= 4 is 60.8 Å². The average Bonchev–Trinajstić information content (AvgIpc) is 3.58. The van der Waals surface area contributed by atoms with Gasteiger partial charge in [0.2, 0.25) is 22.2 Å². The summed E-state index contributed by atoms with van der Waals surface area (Å²) in [5.41, 5.74) is 7.53. The van der Waals surface area contributed by atoms with Crippen molar-refractivity contribution in [2.45, 2.75) is 0 Å². The topological polar surface area (TPSA) is 69.2 Å². The Bertz CT molecular complexity index is 2580. The Morgan fingerprint density at radius 3 is 2.64 bits per heavy atom. The molecule has 3 aromatic carbocycles. The Labute approximate surface area is 218 Å². The monoisotopic (exact) mass is 506 g/mol. The second-order valence-electron chi connectivity index (χ2n) is 10.5. The number of hydrogen-bond donors (Lipinski definition) is 0. The molecule has 9 nitrogen and oxygen atoms in total. The number of imidazole rings is 1. The number of ether oxygens (including phenoxy) is 1. The summed E-state index contributed by atoms with van der Waals surface area (Å²) in [6.07, 6.45) is 5.59. The van der Waals surface area contributed by atoms with E-state index in [9.17, 15) is 4.79 Å². The minimum atomic E-state index is 0.0315. The SMILES string of the molecule is Cn1c2[n+](c3ncncc31)[N+]13c4c(cccc4-2)Oc2ccc4c(=O)c5cccc6c7ccc[n+]1c7n(c4c23)c56. The van der Waals surface area contributed by atoms with Gasteiger partial charge in [0.05, 0.1) is 34.1 Å². The highest BCUT2D eigenvalue weighted by molar-refractivity contribution is 6.17. The van der Waals surface area contributed by atoms with Gasteiger partial charge in [-0.1, -0.05) is 17.1 Å². The van der Waals surface area contributed by atoms with Crippen molar-refractivity contribution in [2.24, 2.45) is 7.05 Å². The molecule has 0 radical (unpaired) electrons. The zero-order valence-corrected chi connectivity index (χ0v) is 20.5. The second-order valence-corrected chi connectivity index (χ2v) is 10.5. The molecule has 0 saturated carbocycles. The van der Waals surface area contributed by atoms with Crippen LogP contribution in [0.4, 0.5) is 11.4 Å². The number of nitrogens with zero attached hydrogens (tertiary/aromatic N) is 7. The van der Waals surface area contributed by atoms with Gasteiger partial charge < -0.3 is 4.74 Å². The summed E-state index contributed by atoms with van der Waals surface area (Å²) in [6, 6.07) is 20.3. The molecule has 8 aromatic rings. The van der Waals surface area contributed by atoms with Crippen molar-refractivity contribution in [1.29, 1.82) is 0 Å². The third-order valence-electron chi connectivity index (χ3n) is 8.97. The van der Waals surface area contributed by atoms with Gasteiger partial charge in [0.1, 0.15) is 5.56 Å². The third kappa shape index (κ3) is 1.63. The molecule has 0 aliphatic carbocycles. The molecule has 1 atom stereocenters. The van der Waals surface area contributed by atoms with Gasteiger partial charge in [0.15, 0.2) is 23.8 Å². The second kappa shape index (κ2) is 5.54. The molecule has 9 heteroatoms. The van der Waals surface area contributed by atoms with Crippen LogP contribution in [0.1, 0.15) is 0 Å². The van der Waals surface area contributed by atoms with E-state index in [4.69, 9.17) is 9.72 Å². The van der Waals surface area contributed by atoms with E-state index in [1.807, 2.05) is 42.6 Å². The van der Waals surface area contributed by atoms with Gasteiger partial charge in [-0.2, -0.15) is 4.40 Å². The van der Waals surface area contributed by atoms with Crippen LogP contribution in [0.5, 0.6) is 11.5 Å². The maximum absolute atomic E-state index is 14.1. The van der Waals surface area contributed by atoms with E-state index in [1.54, 1.807) is 6.33 Å². The molecule has 0 bridgehead atoms. The molecule has 1 unspecified atom stereocenters. The maximum atomic E-state index is 14.1. The molecule has 3 aliphatic rings. The van der Waals surface area contributed by atoms with Crippen molar-refractivity contribution in [3.05, 3.63) is 89.6 Å². The number of fused-ring (bicyclic) bond motifs is 5. The number of aromatic nitrogens is 6. The zero-order valence-electron chi connectivity index (χ0n) is 20.5. The Hall–Kier alpha value is -5.41. The lowest BCUT2D eigenvalue weighted by molar-refractivity contribution is -1.01. The van der Waals surface area contributed by atoms with E-state index in [0.717, 1.165) is 72.5 Å². The van der Waals surface area contributed by atoms with E-state index in [2.05, 4.69) is 60.8 Å². The first-order valence-electron chi connectivity index (χ1n) is 12.8. The molecular weight excluding hydrogens is 490 g/mol. The molecule has 0 N–H and O–H groups in total. The van der Waals surface area contributed by atoms with Gasteiger partial charge in [0, 0.05) is 5.39 Å². The predicted octanol–water partition coefficient (Wildman–Crippen LogP) is 4.02. The fourth-order valence-electron chi connectivity index (χ4n) is 7.65. The molecule has 0 amide bonds. The Morgan fingerprint density at radius 2 is 1.69 bits per heavy atom. The van der Waals surface area contributed by atoms with Crippen molar-refractivity contribution in [2.75, 3.05) is 0 Å². The summed E-state index contributed by atoms with van der Waals surface area (Å²) >= 11 is 0. The minimum Gasteiger partial charge on any atom is -0.444 e. The lowest BCUT2D eigenvalue weighted by Gasteiger charge is -2.33. The van der Waals surface area contributed by atoms with Gasteiger partial charge in [-0.25, -0.2) is 9.55 Å². The number of para-hydroxylation sites is 2. The van der Waals surface area contributed by atoms with Crippen LogP contribution in [-0.4, -0.2) is 18.9 Å². The van der Waals surface area contributed by atoms with E-state index in [-0.39, 0.29) is 10.1 Å². The summed E-state index contributed by atoms with van der Waals surface area (Å²) in [5.74, 6) is 2.49. The Kier molecular flexibility index (Phi) is 2.67. The van der Waals surface area contributed by atoms with E-state index < -0.39 is 0 Å². The van der Waals surface area contributed by atoms with Crippen LogP contribution in [0.25, 0.3) is 60.8 Å². The number of hydrogen-bond acceptors (Lipinski definition) is 4. The van der Waals surface area contributed by atoms with Crippen molar-refractivity contribution < 1.29 is 14.1 Å². The molecule has 0 fully saturated rings. The summed E-state index contributed by atoms with van der Waals surface area (Å²) in [7, 11) is 2.05. The standard InChI is InChI=1S/C30H16N7O2/c1-33-20-13-31-14-32-28(20)36-29(33)19-7-3-9-21-25(19)37(36)26-22(39-21)11-10-18-24(26)35-23-15(5-2-6-17(23)27(18)38)16-8-4-12-34(37)30(16)35/h2-14H,1H3/q+3. The third-order valence-corrected chi connectivity index (χ3v) is 8.97. The smallest absolute Gasteiger partial charge is 0.361 e. The number of benzene rings is 3. The fourth-order valence-corrected chi connectivity index (χ4v) is 7.65. The lowest BCUT2D eigenvalue weighted by Crippen LogP contribution is -2.83. The van der Waals surface area contributed by atoms with Crippen LogP contribution in [0.3, 0.4) is 0 Å². The van der Waals surface area contributed by atoms with Crippen molar-refractivity contribution in [1.82, 2.24) is 23.6 Å². The molecular formula is C30H16N7O2+3. The Morgan fingerprint density at radius 1 is 0.872 bits per heavy atom. The van der Waals surface area contributed by atoms with Crippen LogP contribution in [0.15, 0.2) is 84.2 Å². The largest absolute Gasteiger partial charge is 0.444 e. The van der Waals surface area contributed by atoms with Crippen molar-refractivity contribution in [3.8, 4) is 22.9 Å². The number of rotatable bonds is 0.